The number of esters is 1. The minimum Gasteiger partial charge on any atom is -0.466 e. The van der Waals surface area contributed by atoms with Crippen molar-refractivity contribution in [3.63, 3.8) is 0 Å². The number of aromatic nitrogens is 1. The summed E-state index contributed by atoms with van der Waals surface area (Å²) in [7, 11) is 0. The van der Waals surface area contributed by atoms with Crippen molar-refractivity contribution in [3.8, 4) is 0 Å². The first-order chi connectivity index (χ1) is 7.13. The summed E-state index contributed by atoms with van der Waals surface area (Å²) in [6, 6.07) is 2.89. The highest BCUT2D eigenvalue weighted by atomic mass is 35.5. The summed E-state index contributed by atoms with van der Waals surface area (Å²) in [5.41, 5.74) is -0.177. The van der Waals surface area contributed by atoms with Gasteiger partial charge in [0.2, 0.25) is 0 Å². The molecule has 4 nitrogen and oxygen atoms in total. The van der Waals surface area contributed by atoms with Crippen LogP contribution in [0, 0.1) is 0 Å². The summed E-state index contributed by atoms with van der Waals surface area (Å²) >= 11 is 5.72. The lowest BCUT2D eigenvalue weighted by molar-refractivity contribution is -0.143. The molecule has 0 aliphatic carbocycles. The molecule has 0 amide bonds. The van der Waals surface area contributed by atoms with Crippen LogP contribution in [0.25, 0.3) is 0 Å². The van der Waals surface area contributed by atoms with Crippen molar-refractivity contribution < 1.29 is 9.53 Å². The van der Waals surface area contributed by atoms with Gasteiger partial charge >= 0.3 is 5.97 Å². The summed E-state index contributed by atoms with van der Waals surface area (Å²) in [4.78, 5) is 22.3. The van der Waals surface area contributed by atoms with Crippen molar-refractivity contribution in [2.45, 2.75) is 19.9 Å². The molecule has 1 heterocycles. The standard InChI is InChI=1S/C10H12ClNO3/c1-2-15-10(14)5-6-12-7-8(11)3-4-9(12)13/h3-4,7H,2,5-6H2,1H3. The number of hydrogen-bond acceptors (Lipinski definition) is 3. The second-order valence-corrected chi connectivity index (χ2v) is 3.37. The maximum absolute atomic E-state index is 11.3. The first kappa shape index (κ1) is 11.8. The molecule has 0 spiro atoms. The van der Waals surface area contributed by atoms with E-state index in [1.165, 1.54) is 22.9 Å². The zero-order valence-electron chi connectivity index (χ0n) is 8.40. The molecule has 15 heavy (non-hydrogen) atoms. The fourth-order valence-electron chi connectivity index (χ4n) is 1.12. The second kappa shape index (κ2) is 5.56. The molecule has 0 saturated heterocycles. The molecular formula is C10H12ClNO3. The van der Waals surface area contributed by atoms with Crippen LogP contribution in [0.4, 0.5) is 0 Å². The largest absolute Gasteiger partial charge is 0.466 e. The van der Waals surface area contributed by atoms with Gasteiger partial charge in [-0.1, -0.05) is 11.6 Å². The Balaban J connectivity index is 2.61. The summed E-state index contributed by atoms with van der Waals surface area (Å²) in [5.74, 6) is -0.315. The molecule has 0 atom stereocenters. The van der Waals surface area contributed by atoms with Crippen LogP contribution in [0.5, 0.6) is 0 Å². The average Bonchev–Trinajstić information content (AvgIpc) is 2.20. The molecule has 0 bridgehead atoms. The zero-order valence-corrected chi connectivity index (χ0v) is 9.16. The number of carbonyl (C=O) groups excluding carboxylic acids is 1. The van der Waals surface area contributed by atoms with Gasteiger partial charge in [0, 0.05) is 18.8 Å². The Morgan fingerprint density at radius 1 is 1.53 bits per heavy atom. The molecule has 82 valence electrons. The Kier molecular flexibility index (Phi) is 4.37. The lowest BCUT2D eigenvalue weighted by atomic mass is 10.4. The van der Waals surface area contributed by atoms with Crippen LogP contribution in [0.2, 0.25) is 5.02 Å². The summed E-state index contributed by atoms with van der Waals surface area (Å²) in [5, 5.41) is 0.471. The predicted molar refractivity (Wildman–Crippen MR) is 57.0 cm³/mol. The molecule has 0 aliphatic rings. The summed E-state index contributed by atoms with van der Waals surface area (Å²) < 4.78 is 6.13. The number of ether oxygens (including phenoxy) is 1. The van der Waals surface area contributed by atoms with Crippen LogP contribution in [-0.4, -0.2) is 17.1 Å². The zero-order chi connectivity index (χ0) is 11.3. The van der Waals surface area contributed by atoms with E-state index in [-0.39, 0.29) is 24.5 Å². The van der Waals surface area contributed by atoms with E-state index in [2.05, 4.69) is 0 Å². The minimum atomic E-state index is -0.315. The monoisotopic (exact) mass is 229 g/mol. The molecule has 0 N–H and O–H groups in total. The first-order valence-corrected chi connectivity index (χ1v) is 5.03. The number of carbonyl (C=O) groups is 1. The predicted octanol–water partition coefficient (Wildman–Crippen LogP) is 1.45. The Bertz CT molecular complexity index is 400. The Hall–Kier alpha value is -1.29. The van der Waals surface area contributed by atoms with Crippen LogP contribution in [0.1, 0.15) is 13.3 Å². The van der Waals surface area contributed by atoms with E-state index in [0.717, 1.165) is 0 Å². The van der Waals surface area contributed by atoms with Gasteiger partial charge in [-0.15, -0.1) is 0 Å². The molecule has 1 rings (SSSR count). The minimum absolute atomic E-state index is 0.175. The summed E-state index contributed by atoms with van der Waals surface area (Å²) in [6.07, 6.45) is 1.68. The fourth-order valence-corrected chi connectivity index (χ4v) is 1.30. The third kappa shape index (κ3) is 3.75. The molecule has 1 aromatic heterocycles. The van der Waals surface area contributed by atoms with Crippen LogP contribution in [-0.2, 0) is 16.1 Å². The van der Waals surface area contributed by atoms with Gasteiger partial charge in [-0.2, -0.15) is 0 Å². The van der Waals surface area contributed by atoms with Gasteiger partial charge in [-0.3, -0.25) is 9.59 Å². The number of hydrogen-bond donors (Lipinski definition) is 0. The van der Waals surface area contributed by atoms with Crippen molar-refractivity contribution in [2.24, 2.45) is 0 Å². The van der Waals surface area contributed by atoms with Gasteiger partial charge in [-0.05, 0) is 13.0 Å². The molecule has 1 aromatic rings. The van der Waals surface area contributed by atoms with E-state index in [9.17, 15) is 9.59 Å². The maximum atomic E-state index is 11.3. The van der Waals surface area contributed by atoms with Gasteiger partial charge in [-0.25, -0.2) is 0 Å². The fraction of sp³-hybridized carbons (Fsp3) is 0.400. The topological polar surface area (TPSA) is 48.3 Å². The highest BCUT2D eigenvalue weighted by Crippen LogP contribution is 2.03. The quantitative estimate of drug-likeness (QED) is 0.735. The first-order valence-electron chi connectivity index (χ1n) is 4.65. The normalized spacial score (nSPS) is 10.0. The van der Waals surface area contributed by atoms with Crippen molar-refractivity contribution in [1.29, 1.82) is 0 Å². The molecule has 5 heteroatoms. The van der Waals surface area contributed by atoms with Gasteiger partial charge in [0.05, 0.1) is 18.1 Å². The van der Waals surface area contributed by atoms with E-state index in [0.29, 0.717) is 11.6 Å². The number of nitrogens with zero attached hydrogens (tertiary/aromatic N) is 1. The molecule has 0 fully saturated rings. The Morgan fingerprint density at radius 2 is 2.27 bits per heavy atom. The molecule has 0 saturated carbocycles. The molecule has 0 radical (unpaired) electrons. The van der Waals surface area contributed by atoms with E-state index in [1.54, 1.807) is 6.92 Å². The van der Waals surface area contributed by atoms with Crippen molar-refractivity contribution >= 4 is 17.6 Å². The van der Waals surface area contributed by atoms with Gasteiger partial charge in [0.25, 0.3) is 5.56 Å². The van der Waals surface area contributed by atoms with E-state index >= 15 is 0 Å². The van der Waals surface area contributed by atoms with E-state index in [1.807, 2.05) is 0 Å². The average molecular weight is 230 g/mol. The number of pyridine rings is 1. The highest BCUT2D eigenvalue weighted by molar-refractivity contribution is 6.30. The molecular weight excluding hydrogens is 218 g/mol. The van der Waals surface area contributed by atoms with E-state index in [4.69, 9.17) is 16.3 Å². The molecule has 0 aliphatic heterocycles. The second-order valence-electron chi connectivity index (χ2n) is 2.93. The highest BCUT2D eigenvalue weighted by Gasteiger charge is 2.03. The lowest BCUT2D eigenvalue weighted by Gasteiger charge is -2.05. The van der Waals surface area contributed by atoms with Crippen LogP contribution < -0.4 is 5.56 Å². The smallest absolute Gasteiger partial charge is 0.307 e. The van der Waals surface area contributed by atoms with Crippen LogP contribution >= 0.6 is 11.6 Å². The van der Waals surface area contributed by atoms with Gasteiger partial charge < -0.3 is 9.30 Å². The lowest BCUT2D eigenvalue weighted by Crippen LogP contribution is -2.20. The van der Waals surface area contributed by atoms with Crippen molar-refractivity contribution in [3.05, 3.63) is 33.7 Å². The third-order valence-corrected chi connectivity index (χ3v) is 2.03. The summed E-state index contributed by atoms with van der Waals surface area (Å²) in [6.45, 7) is 2.38. The molecule has 0 unspecified atom stereocenters. The van der Waals surface area contributed by atoms with Gasteiger partial charge in [0.1, 0.15) is 0 Å². The maximum Gasteiger partial charge on any atom is 0.307 e. The van der Waals surface area contributed by atoms with E-state index < -0.39 is 0 Å². The Labute approximate surface area is 92.4 Å². The third-order valence-electron chi connectivity index (χ3n) is 1.81. The van der Waals surface area contributed by atoms with Crippen molar-refractivity contribution in [1.82, 2.24) is 4.57 Å². The number of aryl methyl sites for hydroxylation is 1. The SMILES string of the molecule is CCOC(=O)CCn1cc(Cl)ccc1=O. The van der Waals surface area contributed by atoms with Crippen LogP contribution in [0.3, 0.4) is 0 Å². The number of halogens is 1. The van der Waals surface area contributed by atoms with Crippen LogP contribution in [0.15, 0.2) is 23.1 Å². The Morgan fingerprint density at radius 3 is 2.93 bits per heavy atom. The molecule has 0 aromatic carbocycles. The number of rotatable bonds is 4. The van der Waals surface area contributed by atoms with Gasteiger partial charge in [0.15, 0.2) is 0 Å². The van der Waals surface area contributed by atoms with Crippen molar-refractivity contribution in [2.75, 3.05) is 6.61 Å².